The SMILES string of the molecule is Cc1ccc(OCCCNC(=O)N2CCN(C)CC2c2ccccc2)cc1. The third-order valence-electron chi connectivity index (χ3n) is 4.92. The van der Waals surface area contributed by atoms with Crippen molar-refractivity contribution in [3.63, 3.8) is 0 Å². The molecule has 1 aliphatic heterocycles. The van der Waals surface area contributed by atoms with E-state index in [4.69, 9.17) is 4.74 Å². The Kier molecular flexibility index (Phi) is 6.71. The van der Waals surface area contributed by atoms with Crippen LogP contribution in [0.15, 0.2) is 54.6 Å². The van der Waals surface area contributed by atoms with Gasteiger partial charge in [0.25, 0.3) is 0 Å². The largest absolute Gasteiger partial charge is 0.494 e. The molecule has 1 fully saturated rings. The molecule has 1 atom stereocenters. The molecule has 0 saturated carbocycles. The van der Waals surface area contributed by atoms with Gasteiger partial charge in [0, 0.05) is 26.2 Å². The van der Waals surface area contributed by atoms with Crippen LogP contribution in [0.5, 0.6) is 5.75 Å². The fourth-order valence-corrected chi connectivity index (χ4v) is 3.32. The molecular weight excluding hydrogens is 338 g/mol. The third kappa shape index (κ3) is 5.47. The Hall–Kier alpha value is -2.53. The average Bonchev–Trinajstić information content (AvgIpc) is 2.69. The highest BCUT2D eigenvalue weighted by Gasteiger charge is 2.29. The molecule has 1 aliphatic rings. The molecule has 1 N–H and O–H groups in total. The van der Waals surface area contributed by atoms with Gasteiger partial charge in [-0.15, -0.1) is 0 Å². The number of hydrogen-bond donors (Lipinski definition) is 1. The normalized spacial score (nSPS) is 17.6. The molecule has 0 aliphatic carbocycles. The monoisotopic (exact) mass is 367 g/mol. The minimum absolute atomic E-state index is 0.00675. The Morgan fingerprint density at radius 1 is 1.11 bits per heavy atom. The summed E-state index contributed by atoms with van der Waals surface area (Å²) in [5, 5.41) is 3.05. The molecular formula is C22H29N3O2. The number of likely N-dealkylation sites (N-methyl/N-ethyl adjacent to an activating group) is 1. The van der Waals surface area contributed by atoms with Gasteiger partial charge in [0.2, 0.25) is 0 Å². The lowest BCUT2D eigenvalue weighted by Gasteiger charge is -2.40. The standard InChI is InChI=1S/C22H29N3O2/c1-18-9-11-20(12-10-18)27-16-6-13-23-22(26)25-15-14-24(2)17-21(25)19-7-4-3-5-8-19/h3-5,7-12,21H,6,13-17H2,1-2H3,(H,23,26). The molecule has 2 aromatic rings. The van der Waals surface area contributed by atoms with Crippen molar-refractivity contribution in [3.05, 3.63) is 65.7 Å². The molecule has 3 rings (SSSR count). The van der Waals surface area contributed by atoms with Crippen molar-refractivity contribution in [2.45, 2.75) is 19.4 Å². The van der Waals surface area contributed by atoms with Crippen molar-refractivity contribution in [2.24, 2.45) is 0 Å². The molecule has 5 nitrogen and oxygen atoms in total. The van der Waals surface area contributed by atoms with E-state index in [2.05, 4.69) is 36.3 Å². The van der Waals surface area contributed by atoms with Crippen LogP contribution in [-0.2, 0) is 0 Å². The van der Waals surface area contributed by atoms with Crippen LogP contribution in [0.3, 0.4) is 0 Å². The first-order chi connectivity index (χ1) is 13.1. The van der Waals surface area contributed by atoms with Gasteiger partial charge in [0.1, 0.15) is 5.75 Å². The van der Waals surface area contributed by atoms with Gasteiger partial charge >= 0.3 is 6.03 Å². The predicted octanol–water partition coefficient (Wildman–Crippen LogP) is 3.46. The van der Waals surface area contributed by atoms with E-state index in [-0.39, 0.29) is 12.1 Å². The van der Waals surface area contributed by atoms with Gasteiger partial charge in [-0.2, -0.15) is 0 Å². The van der Waals surface area contributed by atoms with Gasteiger partial charge in [-0.1, -0.05) is 48.0 Å². The van der Waals surface area contributed by atoms with Crippen LogP contribution in [-0.4, -0.2) is 55.7 Å². The van der Waals surface area contributed by atoms with E-state index in [1.165, 1.54) is 11.1 Å². The minimum Gasteiger partial charge on any atom is -0.494 e. The summed E-state index contributed by atoms with van der Waals surface area (Å²) >= 11 is 0. The number of carbonyl (C=O) groups is 1. The lowest BCUT2D eigenvalue weighted by molar-refractivity contribution is 0.108. The maximum absolute atomic E-state index is 12.7. The number of nitrogens with one attached hydrogen (secondary N) is 1. The van der Waals surface area contributed by atoms with Gasteiger partial charge < -0.3 is 19.9 Å². The van der Waals surface area contributed by atoms with Crippen LogP contribution >= 0.6 is 0 Å². The van der Waals surface area contributed by atoms with Crippen LogP contribution in [0.4, 0.5) is 4.79 Å². The van der Waals surface area contributed by atoms with Crippen LogP contribution in [0.25, 0.3) is 0 Å². The summed E-state index contributed by atoms with van der Waals surface area (Å²) < 4.78 is 5.72. The second-order valence-electron chi connectivity index (χ2n) is 7.13. The first-order valence-electron chi connectivity index (χ1n) is 9.61. The number of rotatable bonds is 6. The molecule has 1 saturated heterocycles. The van der Waals surface area contributed by atoms with Crippen LogP contribution in [0, 0.1) is 6.92 Å². The van der Waals surface area contributed by atoms with E-state index < -0.39 is 0 Å². The van der Waals surface area contributed by atoms with Crippen molar-refractivity contribution >= 4 is 6.03 Å². The molecule has 0 radical (unpaired) electrons. The summed E-state index contributed by atoms with van der Waals surface area (Å²) in [7, 11) is 2.10. The highest BCUT2D eigenvalue weighted by Crippen LogP contribution is 2.24. The van der Waals surface area contributed by atoms with E-state index in [1.54, 1.807) is 0 Å². The number of hydrogen-bond acceptors (Lipinski definition) is 3. The highest BCUT2D eigenvalue weighted by atomic mass is 16.5. The van der Waals surface area contributed by atoms with E-state index in [0.29, 0.717) is 13.2 Å². The van der Waals surface area contributed by atoms with Crippen molar-refractivity contribution < 1.29 is 9.53 Å². The molecule has 2 aromatic carbocycles. The summed E-state index contributed by atoms with van der Waals surface area (Å²) in [6.45, 7) is 5.75. The number of aryl methyl sites for hydroxylation is 1. The molecule has 0 bridgehead atoms. The molecule has 144 valence electrons. The van der Waals surface area contributed by atoms with Crippen molar-refractivity contribution in [3.8, 4) is 5.75 Å². The third-order valence-corrected chi connectivity index (χ3v) is 4.92. The molecule has 2 amide bonds. The van der Waals surface area contributed by atoms with E-state index >= 15 is 0 Å². The zero-order chi connectivity index (χ0) is 19.1. The number of ether oxygens (including phenoxy) is 1. The Bertz CT molecular complexity index is 718. The number of urea groups is 1. The van der Waals surface area contributed by atoms with Crippen LogP contribution in [0.2, 0.25) is 0 Å². The summed E-state index contributed by atoms with van der Waals surface area (Å²) in [5.74, 6) is 0.870. The predicted molar refractivity (Wildman–Crippen MR) is 108 cm³/mol. The molecule has 1 heterocycles. The van der Waals surface area contributed by atoms with E-state index in [1.807, 2.05) is 47.4 Å². The van der Waals surface area contributed by atoms with Gasteiger partial charge in [0.05, 0.1) is 12.6 Å². The molecule has 1 unspecified atom stereocenters. The minimum atomic E-state index is 0.00675. The lowest BCUT2D eigenvalue weighted by atomic mass is 10.0. The van der Waals surface area contributed by atoms with Crippen molar-refractivity contribution in [1.82, 2.24) is 15.1 Å². The van der Waals surface area contributed by atoms with E-state index in [9.17, 15) is 4.79 Å². The van der Waals surface area contributed by atoms with Crippen molar-refractivity contribution in [2.75, 3.05) is 39.8 Å². The first kappa shape index (κ1) is 19.2. The maximum atomic E-state index is 12.7. The first-order valence-corrected chi connectivity index (χ1v) is 9.61. The number of amides is 2. The molecule has 27 heavy (non-hydrogen) atoms. The number of nitrogens with zero attached hydrogens (tertiary/aromatic N) is 2. The number of piperazine rings is 1. The molecule has 0 spiro atoms. The molecule has 0 aromatic heterocycles. The Labute approximate surface area is 161 Å². The Morgan fingerprint density at radius 3 is 2.59 bits per heavy atom. The van der Waals surface area contributed by atoms with E-state index in [0.717, 1.165) is 31.8 Å². The fraction of sp³-hybridized carbons (Fsp3) is 0.409. The quantitative estimate of drug-likeness (QED) is 0.795. The van der Waals surface area contributed by atoms with Crippen LogP contribution < -0.4 is 10.1 Å². The smallest absolute Gasteiger partial charge is 0.318 e. The Balaban J connectivity index is 1.46. The summed E-state index contributed by atoms with van der Waals surface area (Å²) in [6.07, 6.45) is 0.781. The summed E-state index contributed by atoms with van der Waals surface area (Å²) in [5.41, 5.74) is 2.40. The van der Waals surface area contributed by atoms with Gasteiger partial charge in [-0.25, -0.2) is 4.79 Å². The van der Waals surface area contributed by atoms with Crippen molar-refractivity contribution in [1.29, 1.82) is 0 Å². The highest BCUT2D eigenvalue weighted by molar-refractivity contribution is 5.75. The average molecular weight is 367 g/mol. The van der Waals surface area contributed by atoms with Gasteiger partial charge in [-0.05, 0) is 38.1 Å². The van der Waals surface area contributed by atoms with Crippen LogP contribution in [0.1, 0.15) is 23.6 Å². The summed E-state index contributed by atoms with van der Waals surface area (Å²) in [6, 6.07) is 18.4. The maximum Gasteiger partial charge on any atom is 0.318 e. The Morgan fingerprint density at radius 2 is 1.85 bits per heavy atom. The van der Waals surface area contributed by atoms with Gasteiger partial charge in [0.15, 0.2) is 0 Å². The number of benzene rings is 2. The molecule has 5 heteroatoms. The number of carbonyl (C=O) groups excluding carboxylic acids is 1. The topological polar surface area (TPSA) is 44.8 Å². The zero-order valence-electron chi connectivity index (χ0n) is 16.2. The van der Waals surface area contributed by atoms with Gasteiger partial charge in [-0.3, -0.25) is 0 Å². The second-order valence-corrected chi connectivity index (χ2v) is 7.13. The zero-order valence-corrected chi connectivity index (χ0v) is 16.2. The second kappa shape index (κ2) is 9.42. The lowest BCUT2D eigenvalue weighted by Crippen LogP contribution is -2.52. The summed E-state index contributed by atoms with van der Waals surface area (Å²) in [4.78, 5) is 16.9. The fourth-order valence-electron chi connectivity index (χ4n) is 3.32.